The highest BCUT2D eigenvalue weighted by Crippen LogP contribution is 2.20. The van der Waals surface area contributed by atoms with E-state index in [4.69, 9.17) is 0 Å². The highest BCUT2D eigenvalue weighted by molar-refractivity contribution is 7.89. The largest absolute Gasteiger partial charge is 0.314 e. The van der Waals surface area contributed by atoms with Crippen molar-refractivity contribution in [2.45, 2.75) is 4.90 Å². The zero-order valence-electron chi connectivity index (χ0n) is 13.1. The predicted octanol–water partition coefficient (Wildman–Crippen LogP) is 1.26. The van der Waals surface area contributed by atoms with Crippen molar-refractivity contribution < 1.29 is 8.42 Å². The molecule has 0 unspecified atom stereocenters. The van der Waals surface area contributed by atoms with Crippen molar-refractivity contribution in [3.63, 3.8) is 0 Å². The molecule has 0 radical (unpaired) electrons. The molecule has 0 aliphatic carbocycles. The first-order valence-corrected chi connectivity index (χ1v) is 8.92. The van der Waals surface area contributed by atoms with Crippen LogP contribution in [0.2, 0.25) is 0 Å². The minimum atomic E-state index is -3.52. The summed E-state index contributed by atoms with van der Waals surface area (Å²) in [6.07, 6.45) is 1.66. The van der Waals surface area contributed by atoms with Crippen molar-refractivity contribution in [2.24, 2.45) is 0 Å². The summed E-state index contributed by atoms with van der Waals surface area (Å²) in [6, 6.07) is 8.70. The van der Waals surface area contributed by atoms with Crippen molar-refractivity contribution in [2.75, 3.05) is 39.3 Å². The smallest absolute Gasteiger partial charge is 0.241 e. The number of fused-ring (bicyclic) bond motifs is 1. The van der Waals surface area contributed by atoms with E-state index < -0.39 is 10.0 Å². The highest BCUT2D eigenvalue weighted by Gasteiger charge is 2.17. The molecule has 2 N–H and O–H groups in total. The lowest BCUT2D eigenvalue weighted by molar-refractivity contribution is 0.245. The molecule has 0 bridgehead atoms. The van der Waals surface area contributed by atoms with E-state index in [2.05, 4.69) is 19.9 Å². The van der Waals surface area contributed by atoms with Gasteiger partial charge in [0.2, 0.25) is 10.0 Å². The number of piperazine rings is 1. The molecule has 9 heteroatoms. The molecule has 24 heavy (non-hydrogen) atoms. The molecule has 1 saturated heterocycles. The standard InChI is InChI=1S/C15H20N4O2S.2ClH/c20-22(21,18-9-12-19-10-7-16-8-11-19)15-5-1-4-14-13(15)3-2-6-17-14;;/h1-6,16,18H,7-12H2;2*1H. The molecule has 134 valence electrons. The summed E-state index contributed by atoms with van der Waals surface area (Å²) in [5, 5.41) is 3.93. The van der Waals surface area contributed by atoms with E-state index in [-0.39, 0.29) is 24.8 Å². The maximum Gasteiger partial charge on any atom is 0.241 e. The van der Waals surface area contributed by atoms with Gasteiger partial charge in [0.25, 0.3) is 0 Å². The number of aromatic nitrogens is 1. The molecule has 0 atom stereocenters. The molecular weight excluding hydrogens is 371 g/mol. The normalized spacial score (nSPS) is 15.5. The van der Waals surface area contributed by atoms with Crippen LogP contribution in [-0.4, -0.2) is 57.6 Å². The zero-order valence-corrected chi connectivity index (χ0v) is 15.6. The van der Waals surface area contributed by atoms with Crippen LogP contribution in [0.5, 0.6) is 0 Å². The van der Waals surface area contributed by atoms with Crippen LogP contribution in [0.1, 0.15) is 0 Å². The lowest BCUT2D eigenvalue weighted by atomic mass is 10.2. The van der Waals surface area contributed by atoms with Gasteiger partial charge in [-0.2, -0.15) is 0 Å². The van der Waals surface area contributed by atoms with Gasteiger partial charge in [0, 0.05) is 50.9 Å². The second kappa shape index (κ2) is 9.50. The molecule has 2 aromatic rings. The summed E-state index contributed by atoms with van der Waals surface area (Å²) in [5.74, 6) is 0. The Balaban J connectivity index is 0.00000144. The van der Waals surface area contributed by atoms with E-state index in [1.165, 1.54) is 0 Å². The van der Waals surface area contributed by atoms with Crippen molar-refractivity contribution in [3.05, 3.63) is 36.5 Å². The monoisotopic (exact) mass is 392 g/mol. The molecule has 0 spiro atoms. The molecule has 1 fully saturated rings. The van der Waals surface area contributed by atoms with Gasteiger partial charge in [-0.05, 0) is 24.3 Å². The third-order valence-electron chi connectivity index (χ3n) is 3.82. The first kappa shape index (κ1) is 21.1. The third kappa shape index (κ3) is 5.02. The quantitative estimate of drug-likeness (QED) is 0.800. The van der Waals surface area contributed by atoms with Crippen LogP contribution in [-0.2, 0) is 10.0 Å². The second-order valence-corrected chi connectivity index (χ2v) is 7.05. The van der Waals surface area contributed by atoms with Crippen LogP contribution in [0, 0.1) is 0 Å². The van der Waals surface area contributed by atoms with E-state index in [1.807, 2.05) is 6.07 Å². The van der Waals surface area contributed by atoms with Crippen LogP contribution in [0.25, 0.3) is 10.9 Å². The van der Waals surface area contributed by atoms with E-state index >= 15 is 0 Å². The van der Waals surface area contributed by atoms with Gasteiger partial charge >= 0.3 is 0 Å². The Bertz CT molecular complexity index is 747. The Morgan fingerprint density at radius 3 is 2.62 bits per heavy atom. The molecule has 0 saturated carbocycles. The minimum absolute atomic E-state index is 0. The molecule has 1 aromatic heterocycles. The van der Waals surface area contributed by atoms with Gasteiger partial charge < -0.3 is 5.32 Å². The molecule has 3 rings (SSSR count). The maximum absolute atomic E-state index is 12.5. The maximum atomic E-state index is 12.5. The molecule has 2 heterocycles. The number of pyridine rings is 1. The minimum Gasteiger partial charge on any atom is -0.314 e. The lowest BCUT2D eigenvalue weighted by Gasteiger charge is -2.27. The summed E-state index contributed by atoms with van der Waals surface area (Å²) in [7, 11) is -3.52. The number of hydrogen-bond donors (Lipinski definition) is 2. The molecule has 0 amide bonds. The van der Waals surface area contributed by atoms with Gasteiger partial charge in [0.05, 0.1) is 10.4 Å². The summed E-state index contributed by atoms with van der Waals surface area (Å²) >= 11 is 0. The van der Waals surface area contributed by atoms with E-state index in [0.717, 1.165) is 32.7 Å². The Kier molecular flexibility index (Phi) is 8.35. The number of benzene rings is 1. The fraction of sp³-hybridized carbons (Fsp3) is 0.400. The van der Waals surface area contributed by atoms with Gasteiger partial charge in [-0.1, -0.05) is 6.07 Å². The predicted molar refractivity (Wildman–Crippen MR) is 101 cm³/mol. The Morgan fingerprint density at radius 2 is 1.88 bits per heavy atom. The first-order valence-electron chi connectivity index (χ1n) is 7.43. The third-order valence-corrected chi connectivity index (χ3v) is 5.34. The van der Waals surface area contributed by atoms with Gasteiger partial charge in [-0.3, -0.25) is 9.88 Å². The van der Waals surface area contributed by atoms with Gasteiger partial charge in [0.1, 0.15) is 0 Å². The van der Waals surface area contributed by atoms with E-state index in [0.29, 0.717) is 22.3 Å². The van der Waals surface area contributed by atoms with Crippen molar-refractivity contribution in [1.29, 1.82) is 0 Å². The number of sulfonamides is 1. The second-order valence-electron chi connectivity index (χ2n) is 5.32. The Hall–Kier alpha value is -0.960. The number of hydrogen-bond acceptors (Lipinski definition) is 5. The van der Waals surface area contributed by atoms with Crippen LogP contribution in [0.15, 0.2) is 41.4 Å². The number of nitrogens with one attached hydrogen (secondary N) is 2. The average molecular weight is 393 g/mol. The SMILES string of the molecule is Cl.Cl.O=S(=O)(NCCN1CCNCC1)c1cccc2ncccc12. The van der Waals surface area contributed by atoms with Crippen molar-refractivity contribution in [1.82, 2.24) is 19.9 Å². The average Bonchev–Trinajstić information content (AvgIpc) is 2.55. The topological polar surface area (TPSA) is 74.3 Å². The summed E-state index contributed by atoms with van der Waals surface area (Å²) in [5.41, 5.74) is 0.687. The molecule has 1 aliphatic heterocycles. The molecule has 1 aliphatic rings. The molecular formula is C15H22Cl2N4O2S. The fourth-order valence-electron chi connectivity index (χ4n) is 2.66. The van der Waals surface area contributed by atoms with Gasteiger partial charge in [0.15, 0.2) is 0 Å². The summed E-state index contributed by atoms with van der Waals surface area (Å²) in [4.78, 5) is 6.75. The zero-order chi connectivity index (χ0) is 15.4. The van der Waals surface area contributed by atoms with Crippen molar-refractivity contribution in [3.8, 4) is 0 Å². The molecule has 1 aromatic carbocycles. The fourth-order valence-corrected chi connectivity index (χ4v) is 3.90. The van der Waals surface area contributed by atoms with E-state index in [9.17, 15) is 8.42 Å². The number of rotatable bonds is 5. The highest BCUT2D eigenvalue weighted by atomic mass is 35.5. The number of nitrogens with zero attached hydrogens (tertiary/aromatic N) is 2. The lowest BCUT2D eigenvalue weighted by Crippen LogP contribution is -2.46. The number of halogens is 2. The molecule has 6 nitrogen and oxygen atoms in total. The van der Waals surface area contributed by atoms with Crippen LogP contribution in [0.3, 0.4) is 0 Å². The Labute approximate surface area is 154 Å². The van der Waals surface area contributed by atoms with Crippen LogP contribution >= 0.6 is 24.8 Å². The van der Waals surface area contributed by atoms with E-state index in [1.54, 1.807) is 30.5 Å². The first-order chi connectivity index (χ1) is 10.7. The summed E-state index contributed by atoms with van der Waals surface area (Å²) in [6.45, 7) is 4.98. The van der Waals surface area contributed by atoms with Gasteiger partial charge in [-0.25, -0.2) is 13.1 Å². The van der Waals surface area contributed by atoms with Gasteiger partial charge in [-0.15, -0.1) is 24.8 Å². The van der Waals surface area contributed by atoms with Crippen LogP contribution < -0.4 is 10.0 Å². The Morgan fingerprint density at radius 1 is 1.12 bits per heavy atom. The van der Waals surface area contributed by atoms with Crippen LogP contribution in [0.4, 0.5) is 0 Å². The van der Waals surface area contributed by atoms with Crippen molar-refractivity contribution >= 4 is 45.7 Å². The summed E-state index contributed by atoms with van der Waals surface area (Å²) < 4.78 is 27.7.